The van der Waals surface area contributed by atoms with Crippen molar-refractivity contribution in [3.8, 4) is 11.5 Å². The van der Waals surface area contributed by atoms with Crippen molar-refractivity contribution in [2.24, 2.45) is 0 Å². The summed E-state index contributed by atoms with van der Waals surface area (Å²) in [6, 6.07) is 8.46. The van der Waals surface area contributed by atoms with Gasteiger partial charge in [-0.15, -0.1) is 0 Å². The van der Waals surface area contributed by atoms with Gasteiger partial charge in [0.15, 0.2) is 0 Å². The van der Waals surface area contributed by atoms with Crippen LogP contribution in [0.3, 0.4) is 0 Å². The Morgan fingerprint density at radius 1 is 1.05 bits per heavy atom. The number of hydrogen-bond donors (Lipinski definition) is 1. The van der Waals surface area contributed by atoms with Crippen molar-refractivity contribution in [3.05, 3.63) is 47.8 Å². The number of nitrogens with one attached hydrogen (secondary N) is 1. The van der Waals surface area contributed by atoms with Gasteiger partial charge in [0.25, 0.3) is 10.0 Å². The van der Waals surface area contributed by atoms with E-state index in [2.05, 4.69) is 4.72 Å². The number of methoxy groups -OCH3 is 2. The summed E-state index contributed by atoms with van der Waals surface area (Å²) in [5.74, 6) is -0.0842. The number of ether oxygens (including phenoxy) is 2. The van der Waals surface area contributed by atoms with E-state index in [1.165, 1.54) is 44.6 Å². The zero-order valence-electron chi connectivity index (χ0n) is 12.4. The molecule has 0 unspecified atom stereocenters. The molecule has 0 saturated carbocycles. The Morgan fingerprint density at radius 2 is 1.77 bits per heavy atom. The van der Waals surface area contributed by atoms with E-state index in [9.17, 15) is 12.8 Å². The second-order valence-electron chi connectivity index (χ2n) is 4.61. The van der Waals surface area contributed by atoms with E-state index in [0.29, 0.717) is 5.75 Å². The van der Waals surface area contributed by atoms with Gasteiger partial charge in [-0.1, -0.05) is 6.07 Å². The standard InChI is InChI=1S/C15H16FNO4S/c1-10-4-6-12(16)13(8-10)17-22(18,19)15-7-5-11(20-2)9-14(15)21-3/h4-9,17H,1-3H3. The first-order chi connectivity index (χ1) is 10.4. The molecule has 118 valence electrons. The fourth-order valence-corrected chi connectivity index (χ4v) is 3.12. The van der Waals surface area contributed by atoms with E-state index in [-0.39, 0.29) is 16.3 Å². The molecule has 0 radical (unpaired) electrons. The predicted molar refractivity (Wildman–Crippen MR) is 81.5 cm³/mol. The zero-order valence-corrected chi connectivity index (χ0v) is 13.2. The molecule has 0 aliphatic carbocycles. The van der Waals surface area contributed by atoms with E-state index in [0.717, 1.165) is 5.56 Å². The van der Waals surface area contributed by atoms with Crippen LogP contribution in [0.2, 0.25) is 0 Å². The summed E-state index contributed by atoms with van der Waals surface area (Å²) >= 11 is 0. The second-order valence-corrected chi connectivity index (χ2v) is 6.26. The Bertz CT molecular complexity index is 790. The molecule has 0 fully saturated rings. The van der Waals surface area contributed by atoms with Gasteiger partial charge in [0, 0.05) is 6.07 Å². The van der Waals surface area contributed by atoms with Crippen molar-refractivity contribution in [2.45, 2.75) is 11.8 Å². The molecule has 7 heteroatoms. The lowest BCUT2D eigenvalue weighted by molar-refractivity contribution is 0.386. The fourth-order valence-electron chi connectivity index (χ4n) is 1.91. The zero-order chi connectivity index (χ0) is 16.3. The third-order valence-electron chi connectivity index (χ3n) is 3.03. The van der Waals surface area contributed by atoms with E-state index in [4.69, 9.17) is 9.47 Å². The summed E-state index contributed by atoms with van der Waals surface area (Å²) < 4.78 is 51.0. The lowest BCUT2D eigenvalue weighted by Crippen LogP contribution is -2.15. The van der Waals surface area contributed by atoms with E-state index in [1.54, 1.807) is 13.0 Å². The van der Waals surface area contributed by atoms with Crippen LogP contribution < -0.4 is 14.2 Å². The Kier molecular flexibility index (Phi) is 4.56. The van der Waals surface area contributed by atoms with Crippen LogP contribution >= 0.6 is 0 Å². The molecule has 0 aromatic heterocycles. The Morgan fingerprint density at radius 3 is 2.41 bits per heavy atom. The lowest BCUT2D eigenvalue weighted by Gasteiger charge is -2.13. The molecule has 0 spiro atoms. The molecule has 2 aromatic carbocycles. The number of sulfonamides is 1. The molecule has 0 bridgehead atoms. The van der Waals surface area contributed by atoms with Gasteiger partial charge in [0.05, 0.1) is 19.9 Å². The topological polar surface area (TPSA) is 64.6 Å². The quantitative estimate of drug-likeness (QED) is 0.918. The lowest BCUT2D eigenvalue weighted by atomic mass is 10.2. The summed E-state index contributed by atoms with van der Waals surface area (Å²) in [5.41, 5.74) is 0.624. The smallest absolute Gasteiger partial charge is 0.265 e. The van der Waals surface area contributed by atoms with Crippen LogP contribution in [0.5, 0.6) is 11.5 Å². The largest absolute Gasteiger partial charge is 0.497 e. The van der Waals surface area contributed by atoms with Crippen molar-refractivity contribution in [2.75, 3.05) is 18.9 Å². The molecular formula is C15H16FNO4S. The highest BCUT2D eigenvalue weighted by atomic mass is 32.2. The number of anilines is 1. The summed E-state index contributed by atoms with van der Waals surface area (Å²) in [6.45, 7) is 1.74. The van der Waals surface area contributed by atoms with Gasteiger partial charge in [0.2, 0.25) is 0 Å². The predicted octanol–water partition coefficient (Wildman–Crippen LogP) is 2.95. The second kappa shape index (κ2) is 6.23. The molecule has 0 heterocycles. The molecule has 2 rings (SSSR count). The molecule has 5 nitrogen and oxygen atoms in total. The van der Waals surface area contributed by atoms with Crippen molar-refractivity contribution in [1.82, 2.24) is 0 Å². The molecular weight excluding hydrogens is 309 g/mol. The van der Waals surface area contributed by atoms with Gasteiger partial charge in [-0.3, -0.25) is 4.72 Å². The number of benzene rings is 2. The minimum atomic E-state index is -3.99. The Balaban J connectivity index is 2.44. The molecule has 2 aromatic rings. The Labute approximate surface area is 128 Å². The van der Waals surface area contributed by atoms with E-state index >= 15 is 0 Å². The van der Waals surface area contributed by atoms with Crippen LogP contribution in [0.4, 0.5) is 10.1 Å². The summed E-state index contributed by atoms with van der Waals surface area (Å²) in [5, 5.41) is 0. The maximum absolute atomic E-state index is 13.7. The van der Waals surface area contributed by atoms with Crippen molar-refractivity contribution >= 4 is 15.7 Å². The van der Waals surface area contributed by atoms with Gasteiger partial charge in [-0.2, -0.15) is 0 Å². The number of hydrogen-bond acceptors (Lipinski definition) is 4. The number of rotatable bonds is 5. The molecule has 0 saturated heterocycles. The molecule has 1 N–H and O–H groups in total. The minimum absolute atomic E-state index is 0.100. The molecule has 22 heavy (non-hydrogen) atoms. The first-order valence-corrected chi connectivity index (χ1v) is 7.86. The van der Waals surface area contributed by atoms with Gasteiger partial charge in [0.1, 0.15) is 22.2 Å². The fraction of sp³-hybridized carbons (Fsp3) is 0.200. The van der Waals surface area contributed by atoms with Gasteiger partial charge in [-0.05, 0) is 36.8 Å². The maximum Gasteiger partial charge on any atom is 0.265 e. The Hall–Kier alpha value is -2.28. The molecule has 0 aliphatic rings. The first kappa shape index (κ1) is 16.1. The monoisotopic (exact) mass is 325 g/mol. The average Bonchev–Trinajstić information content (AvgIpc) is 2.50. The third-order valence-corrected chi connectivity index (χ3v) is 4.43. The number of aryl methyl sites for hydroxylation is 1. The third kappa shape index (κ3) is 3.30. The van der Waals surface area contributed by atoms with Crippen LogP contribution in [0, 0.1) is 12.7 Å². The SMILES string of the molecule is COc1ccc(S(=O)(=O)Nc2cc(C)ccc2F)c(OC)c1. The summed E-state index contributed by atoms with van der Waals surface area (Å²) in [6.07, 6.45) is 0. The van der Waals surface area contributed by atoms with Crippen LogP contribution in [-0.2, 0) is 10.0 Å². The maximum atomic E-state index is 13.7. The highest BCUT2D eigenvalue weighted by Gasteiger charge is 2.21. The van der Waals surface area contributed by atoms with E-state index in [1.807, 2.05) is 0 Å². The van der Waals surface area contributed by atoms with Crippen LogP contribution in [0.1, 0.15) is 5.56 Å². The average molecular weight is 325 g/mol. The molecule has 0 amide bonds. The highest BCUT2D eigenvalue weighted by Crippen LogP contribution is 2.30. The van der Waals surface area contributed by atoms with Crippen molar-refractivity contribution in [3.63, 3.8) is 0 Å². The van der Waals surface area contributed by atoms with Crippen LogP contribution in [0.25, 0.3) is 0 Å². The van der Waals surface area contributed by atoms with Crippen LogP contribution in [-0.4, -0.2) is 22.6 Å². The van der Waals surface area contributed by atoms with Gasteiger partial charge >= 0.3 is 0 Å². The normalized spacial score (nSPS) is 11.1. The summed E-state index contributed by atoms with van der Waals surface area (Å²) in [4.78, 5) is -0.100. The van der Waals surface area contributed by atoms with Gasteiger partial charge < -0.3 is 9.47 Å². The first-order valence-electron chi connectivity index (χ1n) is 6.38. The van der Waals surface area contributed by atoms with Crippen molar-refractivity contribution in [1.29, 1.82) is 0 Å². The van der Waals surface area contributed by atoms with Crippen molar-refractivity contribution < 1.29 is 22.3 Å². The highest BCUT2D eigenvalue weighted by molar-refractivity contribution is 7.92. The molecule has 0 aliphatic heterocycles. The number of halogens is 1. The van der Waals surface area contributed by atoms with Crippen LogP contribution in [0.15, 0.2) is 41.3 Å². The minimum Gasteiger partial charge on any atom is -0.497 e. The van der Waals surface area contributed by atoms with Gasteiger partial charge in [-0.25, -0.2) is 12.8 Å². The van der Waals surface area contributed by atoms with E-state index < -0.39 is 15.8 Å². The molecule has 0 atom stereocenters. The summed E-state index contributed by atoms with van der Waals surface area (Å²) in [7, 11) is -1.18.